The van der Waals surface area contributed by atoms with E-state index in [-0.39, 0.29) is 11.3 Å². The zero-order valence-electron chi connectivity index (χ0n) is 9.59. The number of hydrogen-bond acceptors (Lipinski definition) is 2. The van der Waals surface area contributed by atoms with Crippen molar-refractivity contribution < 1.29 is 13.5 Å². The lowest BCUT2D eigenvalue weighted by atomic mass is 10.0. The fraction of sp³-hybridized carbons (Fsp3) is 0.500. The molecule has 0 aliphatic rings. The van der Waals surface area contributed by atoms with Crippen molar-refractivity contribution in [3.63, 3.8) is 0 Å². The predicted octanol–water partition coefficient (Wildman–Crippen LogP) is 3.16. The Labute approximate surface area is 94.4 Å². The molecule has 4 heteroatoms. The first-order valence-corrected chi connectivity index (χ1v) is 5.38. The number of benzene rings is 1. The van der Waals surface area contributed by atoms with Crippen LogP contribution in [0.15, 0.2) is 12.1 Å². The summed E-state index contributed by atoms with van der Waals surface area (Å²) in [6.07, 6.45) is 2.38. The van der Waals surface area contributed by atoms with Crippen LogP contribution in [0, 0.1) is 11.6 Å². The van der Waals surface area contributed by atoms with Crippen LogP contribution in [0.5, 0.6) is 5.75 Å². The van der Waals surface area contributed by atoms with E-state index >= 15 is 0 Å². The molecule has 0 amide bonds. The quantitative estimate of drug-likeness (QED) is 0.841. The molecular weight excluding hydrogens is 212 g/mol. The van der Waals surface area contributed by atoms with Crippen molar-refractivity contribution in [1.29, 1.82) is 0 Å². The van der Waals surface area contributed by atoms with Crippen LogP contribution in [0.4, 0.5) is 8.78 Å². The second-order valence-electron chi connectivity index (χ2n) is 3.75. The first kappa shape index (κ1) is 12.9. The van der Waals surface area contributed by atoms with Crippen LogP contribution in [0.25, 0.3) is 0 Å². The molecule has 0 saturated carbocycles. The fourth-order valence-corrected chi connectivity index (χ4v) is 1.60. The highest BCUT2D eigenvalue weighted by molar-refractivity contribution is 5.32. The van der Waals surface area contributed by atoms with Gasteiger partial charge in [-0.05, 0) is 6.42 Å². The zero-order valence-corrected chi connectivity index (χ0v) is 9.59. The Morgan fingerprint density at radius 3 is 2.31 bits per heavy atom. The van der Waals surface area contributed by atoms with E-state index in [1.807, 2.05) is 6.92 Å². The number of unbranched alkanes of at least 4 members (excludes halogenated alkanes) is 1. The first-order chi connectivity index (χ1) is 7.60. The van der Waals surface area contributed by atoms with Crippen molar-refractivity contribution in [1.82, 2.24) is 0 Å². The molecule has 90 valence electrons. The van der Waals surface area contributed by atoms with Crippen molar-refractivity contribution in [3.8, 4) is 5.75 Å². The van der Waals surface area contributed by atoms with Gasteiger partial charge < -0.3 is 10.5 Å². The minimum absolute atomic E-state index is 0.0470. The van der Waals surface area contributed by atoms with E-state index in [0.29, 0.717) is 6.42 Å². The van der Waals surface area contributed by atoms with Gasteiger partial charge in [-0.15, -0.1) is 0 Å². The molecular formula is C12H17F2NO. The Morgan fingerprint density at radius 1 is 1.31 bits per heavy atom. The van der Waals surface area contributed by atoms with Gasteiger partial charge >= 0.3 is 0 Å². The fourth-order valence-electron chi connectivity index (χ4n) is 1.60. The number of nitrogens with two attached hydrogens (primary N) is 1. The predicted molar refractivity (Wildman–Crippen MR) is 59.4 cm³/mol. The molecule has 0 unspecified atom stereocenters. The molecule has 0 aliphatic heterocycles. The summed E-state index contributed by atoms with van der Waals surface area (Å²) in [4.78, 5) is 0. The van der Waals surface area contributed by atoms with Gasteiger partial charge in [0.1, 0.15) is 17.4 Å². The molecule has 2 nitrogen and oxygen atoms in total. The Hall–Kier alpha value is -1.16. The van der Waals surface area contributed by atoms with Crippen molar-refractivity contribution in [3.05, 3.63) is 29.3 Å². The van der Waals surface area contributed by atoms with Gasteiger partial charge in [0.25, 0.3) is 0 Å². The van der Waals surface area contributed by atoms with Crippen LogP contribution in [0.3, 0.4) is 0 Å². The first-order valence-electron chi connectivity index (χ1n) is 5.38. The minimum atomic E-state index is -0.638. The Morgan fingerprint density at radius 2 is 1.88 bits per heavy atom. The summed E-state index contributed by atoms with van der Waals surface area (Å²) < 4.78 is 31.9. The second-order valence-corrected chi connectivity index (χ2v) is 3.75. The normalized spacial score (nSPS) is 12.6. The van der Waals surface area contributed by atoms with Crippen LogP contribution in [0.1, 0.15) is 37.8 Å². The molecule has 0 aliphatic carbocycles. The van der Waals surface area contributed by atoms with Crippen molar-refractivity contribution in [2.45, 2.75) is 32.2 Å². The van der Waals surface area contributed by atoms with Crippen LogP contribution in [-0.4, -0.2) is 7.11 Å². The summed E-state index contributed by atoms with van der Waals surface area (Å²) in [6.45, 7) is 2.01. The maximum atomic E-state index is 13.6. The Balaban J connectivity index is 2.95. The SMILES string of the molecule is CCCC[C@H](N)c1c(F)cc(OC)cc1F. The smallest absolute Gasteiger partial charge is 0.134 e. The van der Waals surface area contributed by atoms with Gasteiger partial charge in [0.2, 0.25) is 0 Å². The van der Waals surface area contributed by atoms with E-state index in [4.69, 9.17) is 10.5 Å². The Kier molecular flexibility index (Phi) is 4.68. The van der Waals surface area contributed by atoms with Gasteiger partial charge in [0.15, 0.2) is 0 Å². The second kappa shape index (κ2) is 5.80. The van der Waals surface area contributed by atoms with Crippen molar-refractivity contribution in [2.75, 3.05) is 7.11 Å². The highest BCUT2D eigenvalue weighted by atomic mass is 19.1. The monoisotopic (exact) mass is 229 g/mol. The third kappa shape index (κ3) is 2.92. The number of rotatable bonds is 5. The lowest BCUT2D eigenvalue weighted by Crippen LogP contribution is -2.14. The topological polar surface area (TPSA) is 35.2 Å². The molecule has 2 N–H and O–H groups in total. The molecule has 1 aromatic carbocycles. The maximum Gasteiger partial charge on any atom is 0.134 e. The number of hydrogen-bond donors (Lipinski definition) is 1. The molecule has 0 radical (unpaired) electrons. The van der Waals surface area contributed by atoms with E-state index in [2.05, 4.69) is 0 Å². The van der Waals surface area contributed by atoms with Gasteiger partial charge in [-0.3, -0.25) is 0 Å². The third-order valence-electron chi connectivity index (χ3n) is 2.53. The van der Waals surface area contributed by atoms with Crippen LogP contribution < -0.4 is 10.5 Å². The summed E-state index contributed by atoms with van der Waals surface area (Å²) in [6, 6.07) is 1.72. The highest BCUT2D eigenvalue weighted by Crippen LogP contribution is 2.26. The zero-order chi connectivity index (χ0) is 12.1. The summed E-state index contributed by atoms with van der Waals surface area (Å²) in [5, 5.41) is 0. The molecule has 0 heterocycles. The third-order valence-corrected chi connectivity index (χ3v) is 2.53. The number of methoxy groups -OCH3 is 1. The molecule has 1 aromatic rings. The number of halogens is 2. The van der Waals surface area contributed by atoms with E-state index < -0.39 is 17.7 Å². The van der Waals surface area contributed by atoms with Gasteiger partial charge in [0, 0.05) is 23.7 Å². The average molecular weight is 229 g/mol. The van der Waals surface area contributed by atoms with Crippen LogP contribution in [-0.2, 0) is 0 Å². The molecule has 1 atom stereocenters. The van der Waals surface area contributed by atoms with Gasteiger partial charge in [-0.25, -0.2) is 8.78 Å². The molecule has 1 rings (SSSR count). The lowest BCUT2D eigenvalue weighted by Gasteiger charge is -2.14. The molecule has 0 aromatic heterocycles. The van der Waals surface area contributed by atoms with E-state index in [9.17, 15) is 8.78 Å². The Bertz CT molecular complexity index is 332. The largest absolute Gasteiger partial charge is 0.497 e. The number of ether oxygens (including phenoxy) is 1. The van der Waals surface area contributed by atoms with Gasteiger partial charge in [-0.2, -0.15) is 0 Å². The van der Waals surface area contributed by atoms with E-state index in [0.717, 1.165) is 25.0 Å². The van der Waals surface area contributed by atoms with E-state index in [1.165, 1.54) is 7.11 Å². The molecule has 0 bridgehead atoms. The average Bonchev–Trinajstić information content (AvgIpc) is 2.25. The lowest BCUT2D eigenvalue weighted by molar-refractivity contribution is 0.402. The van der Waals surface area contributed by atoms with Crippen molar-refractivity contribution >= 4 is 0 Å². The molecule has 0 saturated heterocycles. The maximum absolute atomic E-state index is 13.6. The highest BCUT2D eigenvalue weighted by Gasteiger charge is 2.17. The van der Waals surface area contributed by atoms with Crippen LogP contribution in [0.2, 0.25) is 0 Å². The molecule has 16 heavy (non-hydrogen) atoms. The molecule has 0 spiro atoms. The van der Waals surface area contributed by atoms with Crippen molar-refractivity contribution in [2.24, 2.45) is 5.73 Å². The van der Waals surface area contributed by atoms with Gasteiger partial charge in [0.05, 0.1) is 7.11 Å². The molecule has 0 fully saturated rings. The minimum Gasteiger partial charge on any atom is -0.497 e. The van der Waals surface area contributed by atoms with Crippen LogP contribution >= 0.6 is 0 Å². The summed E-state index contributed by atoms with van der Waals surface area (Å²) in [5.74, 6) is -1.11. The van der Waals surface area contributed by atoms with E-state index in [1.54, 1.807) is 0 Å². The summed E-state index contributed by atoms with van der Waals surface area (Å²) >= 11 is 0. The summed E-state index contributed by atoms with van der Waals surface area (Å²) in [5.41, 5.74) is 5.71. The summed E-state index contributed by atoms with van der Waals surface area (Å²) in [7, 11) is 1.37. The van der Waals surface area contributed by atoms with Gasteiger partial charge in [-0.1, -0.05) is 19.8 Å². The standard InChI is InChI=1S/C12H17F2NO/c1-3-4-5-11(15)12-9(13)6-8(16-2)7-10(12)14/h6-7,11H,3-5,15H2,1-2H3/t11-/m0/s1.